The molecule has 1 atom stereocenters. The Morgan fingerprint density at radius 3 is 2.47 bits per heavy atom. The summed E-state index contributed by atoms with van der Waals surface area (Å²) in [5, 5.41) is 3.09. The second-order valence-electron chi connectivity index (χ2n) is 4.04. The van der Waals surface area contributed by atoms with Crippen LogP contribution in [0.25, 0.3) is 0 Å². The van der Waals surface area contributed by atoms with Gasteiger partial charge in [0.15, 0.2) is 5.96 Å². The summed E-state index contributed by atoms with van der Waals surface area (Å²) in [5.74, 6) is 0.470. The van der Waals surface area contributed by atoms with Gasteiger partial charge in [0, 0.05) is 11.3 Å². The van der Waals surface area contributed by atoms with Crippen LogP contribution < -0.4 is 11.1 Å². The lowest BCUT2D eigenvalue weighted by atomic mass is 9.97. The average Bonchev–Trinajstić information content (AvgIpc) is 2.39. The highest BCUT2D eigenvalue weighted by atomic mass is 15.1. The van der Waals surface area contributed by atoms with E-state index < -0.39 is 0 Å². The van der Waals surface area contributed by atoms with Gasteiger partial charge in [-0.25, -0.2) is 4.99 Å². The lowest BCUT2D eigenvalue weighted by molar-refractivity contribution is 0.860. The van der Waals surface area contributed by atoms with Crippen LogP contribution in [0.3, 0.4) is 0 Å². The number of anilines is 1. The number of aliphatic imine (C=N–C) groups is 1. The van der Waals surface area contributed by atoms with E-state index in [1.54, 1.807) is 0 Å². The average molecular weight is 223 g/mol. The molecule has 0 fully saturated rings. The van der Waals surface area contributed by atoms with E-state index in [-0.39, 0.29) is 6.04 Å². The normalized spacial score (nSPS) is 17.9. The van der Waals surface area contributed by atoms with Crippen LogP contribution in [0.4, 0.5) is 5.69 Å². The summed E-state index contributed by atoms with van der Waals surface area (Å²) in [6.45, 7) is 0. The lowest BCUT2D eigenvalue weighted by Gasteiger charge is -2.23. The van der Waals surface area contributed by atoms with E-state index in [4.69, 9.17) is 5.73 Å². The van der Waals surface area contributed by atoms with Gasteiger partial charge in [-0.05, 0) is 11.6 Å². The smallest absolute Gasteiger partial charge is 0.194 e. The highest BCUT2D eigenvalue weighted by molar-refractivity contribution is 5.95. The Hall–Kier alpha value is -2.29. The number of nitrogens with two attached hydrogens (primary N) is 1. The molecule has 0 bridgehead atoms. The number of fused-ring (bicyclic) bond motifs is 1. The highest BCUT2D eigenvalue weighted by Gasteiger charge is 2.20. The zero-order valence-electron chi connectivity index (χ0n) is 9.30. The molecule has 0 aliphatic carbocycles. The molecule has 3 heteroatoms. The molecule has 2 aromatic carbocycles. The Balaban J connectivity index is 2.12. The van der Waals surface area contributed by atoms with Crippen molar-refractivity contribution in [3.63, 3.8) is 0 Å². The van der Waals surface area contributed by atoms with Gasteiger partial charge < -0.3 is 11.1 Å². The molecule has 0 saturated carbocycles. The molecule has 0 aromatic heterocycles. The van der Waals surface area contributed by atoms with E-state index in [1.807, 2.05) is 36.4 Å². The largest absolute Gasteiger partial charge is 0.370 e. The quantitative estimate of drug-likeness (QED) is 0.780. The third kappa shape index (κ3) is 1.76. The number of hydrogen-bond donors (Lipinski definition) is 2. The number of para-hydroxylation sites is 1. The minimum absolute atomic E-state index is 0.00588. The van der Waals surface area contributed by atoms with Crippen LogP contribution in [0, 0.1) is 0 Å². The van der Waals surface area contributed by atoms with Crippen molar-refractivity contribution in [1.29, 1.82) is 0 Å². The number of rotatable bonds is 1. The molecule has 3 N–H and O–H groups in total. The number of nitrogens with one attached hydrogen (secondary N) is 1. The molecule has 17 heavy (non-hydrogen) atoms. The maximum absolute atomic E-state index is 5.82. The van der Waals surface area contributed by atoms with Gasteiger partial charge in [0.05, 0.1) is 0 Å². The first-order valence-corrected chi connectivity index (χ1v) is 5.59. The molecule has 0 saturated heterocycles. The summed E-state index contributed by atoms with van der Waals surface area (Å²) in [6, 6.07) is 18.3. The third-order valence-corrected chi connectivity index (χ3v) is 2.90. The SMILES string of the molecule is NC1=N[C@H](c2ccccc2)c2ccccc2N1. The summed E-state index contributed by atoms with van der Waals surface area (Å²) in [5.41, 5.74) is 9.17. The van der Waals surface area contributed by atoms with Crippen molar-refractivity contribution in [2.24, 2.45) is 10.7 Å². The van der Waals surface area contributed by atoms with Crippen molar-refractivity contribution in [3.8, 4) is 0 Å². The molecule has 3 nitrogen and oxygen atoms in total. The first-order chi connectivity index (χ1) is 8.34. The summed E-state index contributed by atoms with van der Waals surface area (Å²) in [7, 11) is 0. The second-order valence-corrected chi connectivity index (χ2v) is 4.04. The van der Waals surface area contributed by atoms with Crippen LogP contribution in [0.5, 0.6) is 0 Å². The van der Waals surface area contributed by atoms with E-state index in [0.717, 1.165) is 16.8 Å². The molecule has 84 valence electrons. The Morgan fingerprint density at radius 2 is 1.65 bits per heavy atom. The molecular formula is C14H13N3. The van der Waals surface area contributed by atoms with Crippen LogP contribution in [0.2, 0.25) is 0 Å². The van der Waals surface area contributed by atoms with E-state index in [1.165, 1.54) is 0 Å². The van der Waals surface area contributed by atoms with Gasteiger partial charge in [-0.2, -0.15) is 0 Å². The van der Waals surface area contributed by atoms with Gasteiger partial charge in [0.2, 0.25) is 0 Å². The van der Waals surface area contributed by atoms with Gasteiger partial charge in [0.25, 0.3) is 0 Å². The van der Waals surface area contributed by atoms with Crippen LogP contribution in [0.1, 0.15) is 17.2 Å². The number of hydrogen-bond acceptors (Lipinski definition) is 3. The van der Waals surface area contributed by atoms with Crippen molar-refractivity contribution < 1.29 is 0 Å². The van der Waals surface area contributed by atoms with Crippen LogP contribution in [-0.4, -0.2) is 5.96 Å². The van der Waals surface area contributed by atoms with Crippen LogP contribution >= 0.6 is 0 Å². The van der Waals surface area contributed by atoms with Gasteiger partial charge >= 0.3 is 0 Å². The molecular weight excluding hydrogens is 210 g/mol. The van der Waals surface area contributed by atoms with Crippen molar-refractivity contribution in [2.75, 3.05) is 5.32 Å². The molecule has 0 amide bonds. The summed E-state index contributed by atoms with van der Waals surface area (Å²) < 4.78 is 0. The topological polar surface area (TPSA) is 50.4 Å². The third-order valence-electron chi connectivity index (χ3n) is 2.90. The predicted molar refractivity (Wildman–Crippen MR) is 70.0 cm³/mol. The van der Waals surface area contributed by atoms with Crippen LogP contribution in [0.15, 0.2) is 59.6 Å². The van der Waals surface area contributed by atoms with Gasteiger partial charge in [-0.15, -0.1) is 0 Å². The summed E-state index contributed by atoms with van der Waals surface area (Å²) in [6.07, 6.45) is 0. The fourth-order valence-corrected chi connectivity index (χ4v) is 2.12. The summed E-state index contributed by atoms with van der Waals surface area (Å²) in [4.78, 5) is 4.48. The number of benzene rings is 2. The standard InChI is InChI=1S/C14H13N3/c15-14-16-12-9-5-4-8-11(12)13(17-14)10-6-2-1-3-7-10/h1-9,13H,(H3,15,16,17)/t13-/m1/s1. The minimum atomic E-state index is -0.00588. The van der Waals surface area contributed by atoms with Gasteiger partial charge in [0.1, 0.15) is 6.04 Å². The maximum Gasteiger partial charge on any atom is 0.194 e. The van der Waals surface area contributed by atoms with E-state index in [0.29, 0.717) is 5.96 Å². The second kappa shape index (κ2) is 3.94. The van der Waals surface area contributed by atoms with Crippen molar-refractivity contribution in [3.05, 3.63) is 65.7 Å². The highest BCUT2D eigenvalue weighted by Crippen LogP contribution is 2.33. The van der Waals surface area contributed by atoms with Crippen molar-refractivity contribution in [2.45, 2.75) is 6.04 Å². The fourth-order valence-electron chi connectivity index (χ4n) is 2.12. The fraction of sp³-hybridized carbons (Fsp3) is 0.0714. The summed E-state index contributed by atoms with van der Waals surface area (Å²) >= 11 is 0. The van der Waals surface area contributed by atoms with Crippen molar-refractivity contribution >= 4 is 11.6 Å². The molecule has 1 heterocycles. The van der Waals surface area contributed by atoms with E-state index >= 15 is 0 Å². The maximum atomic E-state index is 5.82. The monoisotopic (exact) mass is 223 g/mol. The molecule has 1 aliphatic rings. The Bertz CT molecular complexity index is 561. The molecule has 2 aromatic rings. The van der Waals surface area contributed by atoms with Gasteiger partial charge in [-0.3, -0.25) is 0 Å². The zero-order chi connectivity index (χ0) is 11.7. The first-order valence-electron chi connectivity index (χ1n) is 5.59. The molecule has 3 rings (SSSR count). The molecule has 0 radical (unpaired) electrons. The zero-order valence-corrected chi connectivity index (χ0v) is 9.30. The first kappa shape index (κ1) is 9.90. The minimum Gasteiger partial charge on any atom is -0.370 e. The molecule has 1 aliphatic heterocycles. The Morgan fingerprint density at radius 1 is 0.941 bits per heavy atom. The van der Waals surface area contributed by atoms with E-state index in [2.05, 4.69) is 28.5 Å². The van der Waals surface area contributed by atoms with E-state index in [9.17, 15) is 0 Å². The molecule has 0 spiro atoms. The number of nitrogens with zero attached hydrogens (tertiary/aromatic N) is 1. The van der Waals surface area contributed by atoms with Gasteiger partial charge in [-0.1, -0.05) is 48.5 Å². The predicted octanol–water partition coefficient (Wildman–Crippen LogP) is 2.52. The Kier molecular flexibility index (Phi) is 2.29. The van der Waals surface area contributed by atoms with Crippen molar-refractivity contribution in [1.82, 2.24) is 0 Å². The molecule has 0 unspecified atom stereocenters. The number of guanidine groups is 1. The van der Waals surface area contributed by atoms with Crippen LogP contribution in [-0.2, 0) is 0 Å². The Labute approximate surface area is 100.0 Å². The lowest BCUT2D eigenvalue weighted by Crippen LogP contribution is -2.28.